The number of ether oxygens (including phenoxy) is 2. The Hall–Kier alpha value is -1.86. The fourth-order valence-corrected chi connectivity index (χ4v) is 2.62. The molecule has 0 bridgehead atoms. The van der Waals surface area contributed by atoms with Crippen molar-refractivity contribution >= 4 is 28.9 Å². The Balaban J connectivity index is 2.28. The molecule has 8 heteroatoms. The van der Waals surface area contributed by atoms with Crippen LogP contribution in [0, 0.1) is 10.1 Å². The van der Waals surface area contributed by atoms with E-state index in [4.69, 9.17) is 16.3 Å². The Morgan fingerprint density at radius 3 is 2.86 bits per heavy atom. The Kier molecular flexibility index (Phi) is 4.87. The van der Waals surface area contributed by atoms with Crippen LogP contribution in [0.4, 0.5) is 11.4 Å². The Bertz CT molecular complexity index is 599. The van der Waals surface area contributed by atoms with Crippen LogP contribution in [0.25, 0.3) is 0 Å². The highest BCUT2D eigenvalue weighted by atomic mass is 35.5. The number of carbonyl (C=O) groups is 1. The van der Waals surface area contributed by atoms with Crippen LogP contribution in [0.3, 0.4) is 0 Å². The van der Waals surface area contributed by atoms with Crippen LogP contribution >= 0.6 is 11.6 Å². The normalized spacial score (nSPS) is 20.7. The van der Waals surface area contributed by atoms with Crippen LogP contribution in [0.2, 0.25) is 5.02 Å². The first-order chi connectivity index (χ1) is 10.4. The van der Waals surface area contributed by atoms with Crippen molar-refractivity contribution in [2.75, 3.05) is 25.6 Å². The second kappa shape index (κ2) is 6.50. The number of rotatable bonds is 5. The van der Waals surface area contributed by atoms with Crippen LogP contribution in [-0.4, -0.2) is 36.8 Å². The minimum absolute atomic E-state index is 0.0373. The first-order valence-electron chi connectivity index (χ1n) is 6.80. The highest BCUT2D eigenvalue weighted by Crippen LogP contribution is 2.33. The zero-order valence-electron chi connectivity index (χ0n) is 12.3. The van der Waals surface area contributed by atoms with Gasteiger partial charge in [-0.15, -0.1) is 0 Å². The van der Waals surface area contributed by atoms with Gasteiger partial charge in [-0.3, -0.25) is 10.1 Å². The Labute approximate surface area is 132 Å². The number of carbonyl (C=O) groups excluding carboxylic acids is 1. The van der Waals surface area contributed by atoms with E-state index in [0.29, 0.717) is 13.2 Å². The van der Waals surface area contributed by atoms with Crippen LogP contribution in [0.1, 0.15) is 30.1 Å². The third-order valence-electron chi connectivity index (χ3n) is 3.64. The number of benzene rings is 1. The number of nitrogens with zero attached hydrogens (tertiary/aromatic N) is 1. The standard InChI is InChI=1S/C14H17ClN2O5/c1-14(4-3-5-22-14)8-16-11-7-10(15)9(13(18)21-2)6-12(11)17(19)20/h6-7,16H,3-5,8H2,1-2H3. The van der Waals surface area contributed by atoms with Crippen LogP contribution in [0.5, 0.6) is 0 Å². The van der Waals surface area contributed by atoms with Gasteiger partial charge >= 0.3 is 5.97 Å². The smallest absolute Gasteiger partial charge is 0.339 e. The van der Waals surface area contributed by atoms with Crippen LogP contribution < -0.4 is 5.32 Å². The number of esters is 1. The molecule has 22 heavy (non-hydrogen) atoms. The van der Waals surface area contributed by atoms with Gasteiger partial charge in [0.15, 0.2) is 0 Å². The van der Waals surface area contributed by atoms with E-state index in [1.807, 2.05) is 6.92 Å². The summed E-state index contributed by atoms with van der Waals surface area (Å²) in [6.07, 6.45) is 1.84. The first kappa shape index (κ1) is 16.5. The summed E-state index contributed by atoms with van der Waals surface area (Å²) in [6, 6.07) is 2.48. The van der Waals surface area contributed by atoms with Crippen molar-refractivity contribution in [2.24, 2.45) is 0 Å². The molecule has 2 rings (SSSR count). The van der Waals surface area contributed by atoms with Gasteiger partial charge in [0.2, 0.25) is 0 Å². The van der Waals surface area contributed by atoms with Crippen molar-refractivity contribution in [3.63, 3.8) is 0 Å². The number of hydrogen-bond acceptors (Lipinski definition) is 6. The fraction of sp³-hybridized carbons (Fsp3) is 0.500. The van der Waals surface area contributed by atoms with Gasteiger partial charge in [-0.25, -0.2) is 4.79 Å². The lowest BCUT2D eigenvalue weighted by atomic mass is 10.0. The molecule has 0 radical (unpaired) electrons. The van der Waals surface area contributed by atoms with E-state index in [1.165, 1.54) is 13.2 Å². The van der Waals surface area contributed by atoms with E-state index in [0.717, 1.165) is 18.9 Å². The molecule has 1 aliphatic heterocycles. The molecule has 7 nitrogen and oxygen atoms in total. The fourth-order valence-electron chi connectivity index (χ4n) is 2.38. The highest BCUT2D eigenvalue weighted by molar-refractivity contribution is 6.34. The molecule has 1 atom stereocenters. The molecule has 0 aliphatic carbocycles. The van der Waals surface area contributed by atoms with Gasteiger partial charge in [-0.1, -0.05) is 11.6 Å². The lowest BCUT2D eigenvalue weighted by Gasteiger charge is -2.24. The summed E-state index contributed by atoms with van der Waals surface area (Å²) in [4.78, 5) is 22.2. The van der Waals surface area contributed by atoms with Crippen molar-refractivity contribution in [3.05, 3.63) is 32.8 Å². The zero-order valence-corrected chi connectivity index (χ0v) is 13.1. The maximum Gasteiger partial charge on any atom is 0.339 e. The van der Waals surface area contributed by atoms with Crippen LogP contribution in [0.15, 0.2) is 12.1 Å². The van der Waals surface area contributed by atoms with Gasteiger partial charge in [-0.05, 0) is 25.8 Å². The molecule has 0 saturated carbocycles. The minimum Gasteiger partial charge on any atom is -0.465 e. The monoisotopic (exact) mass is 328 g/mol. The molecule has 1 aliphatic rings. The van der Waals surface area contributed by atoms with E-state index in [9.17, 15) is 14.9 Å². The summed E-state index contributed by atoms with van der Waals surface area (Å²) in [5, 5.41) is 14.3. The second-order valence-electron chi connectivity index (χ2n) is 5.35. The molecule has 1 aromatic rings. The van der Waals surface area contributed by atoms with Crippen molar-refractivity contribution in [1.82, 2.24) is 0 Å². The Morgan fingerprint density at radius 1 is 1.59 bits per heavy atom. The SMILES string of the molecule is COC(=O)c1cc([N+](=O)[O-])c(NCC2(C)CCCO2)cc1Cl. The maximum atomic E-state index is 11.6. The number of methoxy groups -OCH3 is 1. The highest BCUT2D eigenvalue weighted by Gasteiger charge is 2.30. The van der Waals surface area contributed by atoms with Gasteiger partial charge in [0.05, 0.1) is 28.2 Å². The molecule has 1 unspecified atom stereocenters. The molecule has 0 amide bonds. The molecule has 1 aromatic carbocycles. The summed E-state index contributed by atoms with van der Waals surface area (Å²) in [7, 11) is 1.19. The number of hydrogen-bond donors (Lipinski definition) is 1. The van der Waals surface area contributed by atoms with Crippen molar-refractivity contribution in [1.29, 1.82) is 0 Å². The third-order valence-corrected chi connectivity index (χ3v) is 3.95. The lowest BCUT2D eigenvalue weighted by molar-refractivity contribution is -0.384. The van der Waals surface area contributed by atoms with E-state index in [2.05, 4.69) is 10.1 Å². The molecule has 1 N–H and O–H groups in total. The van der Waals surface area contributed by atoms with E-state index in [-0.39, 0.29) is 27.6 Å². The van der Waals surface area contributed by atoms with Crippen molar-refractivity contribution in [3.8, 4) is 0 Å². The number of nitrogens with one attached hydrogen (secondary N) is 1. The van der Waals surface area contributed by atoms with E-state index < -0.39 is 10.9 Å². The summed E-state index contributed by atoms with van der Waals surface area (Å²) in [5.74, 6) is -0.717. The molecule has 1 heterocycles. The van der Waals surface area contributed by atoms with Gasteiger partial charge in [-0.2, -0.15) is 0 Å². The van der Waals surface area contributed by atoms with Crippen molar-refractivity contribution < 1.29 is 19.2 Å². The average Bonchev–Trinajstić information content (AvgIpc) is 2.91. The summed E-state index contributed by atoms with van der Waals surface area (Å²) in [5.41, 5.74) is -0.378. The van der Waals surface area contributed by atoms with Gasteiger partial charge < -0.3 is 14.8 Å². The first-order valence-corrected chi connectivity index (χ1v) is 7.18. The van der Waals surface area contributed by atoms with E-state index in [1.54, 1.807) is 0 Å². The molecule has 1 saturated heterocycles. The Morgan fingerprint density at radius 2 is 2.32 bits per heavy atom. The summed E-state index contributed by atoms with van der Waals surface area (Å²) < 4.78 is 10.2. The zero-order chi connectivity index (χ0) is 16.3. The summed E-state index contributed by atoms with van der Waals surface area (Å²) >= 11 is 6.02. The second-order valence-corrected chi connectivity index (χ2v) is 5.76. The van der Waals surface area contributed by atoms with Crippen LogP contribution in [-0.2, 0) is 9.47 Å². The molecule has 1 fully saturated rings. The minimum atomic E-state index is -0.717. The van der Waals surface area contributed by atoms with Gasteiger partial charge in [0.1, 0.15) is 5.69 Å². The largest absolute Gasteiger partial charge is 0.465 e. The van der Waals surface area contributed by atoms with Gasteiger partial charge in [0, 0.05) is 19.2 Å². The number of nitro benzene ring substituents is 1. The van der Waals surface area contributed by atoms with Crippen molar-refractivity contribution in [2.45, 2.75) is 25.4 Å². The summed E-state index contributed by atoms with van der Waals surface area (Å²) in [6.45, 7) is 3.05. The van der Waals surface area contributed by atoms with E-state index >= 15 is 0 Å². The molecular weight excluding hydrogens is 312 g/mol. The number of nitro groups is 1. The predicted octanol–water partition coefficient (Wildman–Crippen LogP) is 3.02. The quantitative estimate of drug-likeness (QED) is 0.507. The molecule has 0 spiro atoms. The molecule has 120 valence electrons. The maximum absolute atomic E-state index is 11.6. The van der Waals surface area contributed by atoms with Gasteiger partial charge in [0.25, 0.3) is 5.69 Å². The number of anilines is 1. The average molecular weight is 329 g/mol. The number of halogens is 1. The predicted molar refractivity (Wildman–Crippen MR) is 81.5 cm³/mol. The molecular formula is C14H17ClN2O5. The third kappa shape index (κ3) is 3.48. The lowest BCUT2D eigenvalue weighted by Crippen LogP contribution is -2.32. The topological polar surface area (TPSA) is 90.7 Å². The molecule has 0 aromatic heterocycles.